The van der Waals surface area contributed by atoms with Gasteiger partial charge in [0.1, 0.15) is 5.01 Å². The van der Waals surface area contributed by atoms with Crippen LogP contribution in [-0.2, 0) is 11.0 Å². The fraction of sp³-hybridized carbons (Fsp3) is 0.833. The van der Waals surface area contributed by atoms with Crippen molar-refractivity contribution in [3.05, 3.63) is 16.1 Å². The number of hydrogen-bond acceptors (Lipinski definition) is 3. The predicted molar refractivity (Wildman–Crippen MR) is 90.8 cm³/mol. The van der Waals surface area contributed by atoms with Crippen LogP contribution in [0.2, 0.25) is 0 Å². The lowest BCUT2D eigenvalue weighted by atomic mass is 9.71. The summed E-state index contributed by atoms with van der Waals surface area (Å²) in [6.45, 7) is 11.6. The monoisotopic (exact) mass is 306 g/mol. The molecular formula is C18H30N2S. The van der Waals surface area contributed by atoms with Gasteiger partial charge in [-0.15, -0.1) is 11.3 Å². The Morgan fingerprint density at radius 1 is 1.19 bits per heavy atom. The molecule has 0 spiro atoms. The summed E-state index contributed by atoms with van der Waals surface area (Å²) in [7, 11) is 0. The lowest BCUT2D eigenvalue weighted by Gasteiger charge is -2.42. The Morgan fingerprint density at radius 3 is 2.43 bits per heavy atom. The van der Waals surface area contributed by atoms with Crippen LogP contribution in [0.15, 0.2) is 5.38 Å². The van der Waals surface area contributed by atoms with E-state index in [1.165, 1.54) is 42.8 Å². The second-order valence-corrected chi connectivity index (χ2v) is 9.34. The van der Waals surface area contributed by atoms with Crippen molar-refractivity contribution in [1.82, 2.24) is 10.3 Å². The quantitative estimate of drug-likeness (QED) is 0.864. The number of nitrogens with zero attached hydrogens (tertiary/aromatic N) is 1. The molecule has 1 heterocycles. The van der Waals surface area contributed by atoms with Crippen molar-refractivity contribution >= 4 is 11.3 Å². The van der Waals surface area contributed by atoms with Crippen molar-refractivity contribution in [3.63, 3.8) is 0 Å². The molecule has 0 aromatic carbocycles. The SMILES string of the molecule is CC1CCC(NC2CC2)(c2nc(C(C)(C)C)cs2)CC1C. The van der Waals surface area contributed by atoms with Crippen LogP contribution in [0.3, 0.4) is 0 Å². The molecule has 3 heteroatoms. The fourth-order valence-corrected chi connectivity index (χ4v) is 4.71. The second-order valence-electron chi connectivity index (χ2n) is 8.49. The van der Waals surface area contributed by atoms with Gasteiger partial charge in [0.2, 0.25) is 0 Å². The summed E-state index contributed by atoms with van der Waals surface area (Å²) in [5, 5.41) is 7.62. The number of hydrogen-bond donors (Lipinski definition) is 1. The molecule has 118 valence electrons. The lowest BCUT2D eigenvalue weighted by molar-refractivity contribution is 0.138. The van der Waals surface area contributed by atoms with Crippen molar-refractivity contribution in [2.24, 2.45) is 11.8 Å². The predicted octanol–water partition coefficient (Wildman–Crippen LogP) is 4.84. The first-order valence-electron chi connectivity index (χ1n) is 8.54. The number of nitrogens with one attached hydrogen (secondary N) is 1. The summed E-state index contributed by atoms with van der Waals surface area (Å²) >= 11 is 1.88. The van der Waals surface area contributed by atoms with Crippen LogP contribution in [-0.4, -0.2) is 11.0 Å². The molecule has 1 N–H and O–H groups in total. The van der Waals surface area contributed by atoms with Gasteiger partial charge in [-0.2, -0.15) is 0 Å². The normalized spacial score (nSPS) is 34.1. The summed E-state index contributed by atoms with van der Waals surface area (Å²) < 4.78 is 0. The summed E-state index contributed by atoms with van der Waals surface area (Å²) in [5.41, 5.74) is 1.57. The Hall–Kier alpha value is -0.410. The van der Waals surface area contributed by atoms with Gasteiger partial charge in [0.05, 0.1) is 11.2 Å². The van der Waals surface area contributed by atoms with Gasteiger partial charge in [0, 0.05) is 16.8 Å². The smallest absolute Gasteiger partial charge is 0.113 e. The van der Waals surface area contributed by atoms with E-state index in [0.717, 1.165) is 17.9 Å². The minimum Gasteiger partial charge on any atom is -0.303 e. The Labute approximate surface area is 133 Å². The van der Waals surface area contributed by atoms with E-state index in [0.29, 0.717) is 0 Å². The minimum atomic E-state index is 0.154. The Morgan fingerprint density at radius 2 is 1.90 bits per heavy atom. The van der Waals surface area contributed by atoms with Gasteiger partial charge >= 0.3 is 0 Å². The van der Waals surface area contributed by atoms with Gasteiger partial charge in [-0.25, -0.2) is 4.98 Å². The van der Waals surface area contributed by atoms with E-state index in [2.05, 4.69) is 45.3 Å². The Balaban J connectivity index is 1.90. The molecule has 0 amide bonds. The zero-order chi connectivity index (χ0) is 15.3. The Bertz CT molecular complexity index is 498. The van der Waals surface area contributed by atoms with Gasteiger partial charge in [-0.1, -0.05) is 34.6 Å². The first kappa shape index (κ1) is 15.5. The van der Waals surface area contributed by atoms with Gasteiger partial charge < -0.3 is 5.32 Å². The maximum Gasteiger partial charge on any atom is 0.113 e. The van der Waals surface area contributed by atoms with E-state index in [9.17, 15) is 0 Å². The number of aromatic nitrogens is 1. The van der Waals surface area contributed by atoms with Crippen molar-refractivity contribution < 1.29 is 0 Å². The van der Waals surface area contributed by atoms with E-state index in [1.54, 1.807) is 0 Å². The van der Waals surface area contributed by atoms with Crippen molar-refractivity contribution in [2.75, 3.05) is 0 Å². The average Bonchev–Trinajstić information content (AvgIpc) is 3.04. The molecular weight excluding hydrogens is 276 g/mol. The molecule has 0 aliphatic heterocycles. The lowest BCUT2D eigenvalue weighted by Crippen LogP contribution is -2.48. The molecule has 2 aliphatic carbocycles. The number of thiazole rings is 1. The van der Waals surface area contributed by atoms with E-state index >= 15 is 0 Å². The molecule has 2 nitrogen and oxygen atoms in total. The first-order valence-corrected chi connectivity index (χ1v) is 9.42. The maximum atomic E-state index is 5.07. The molecule has 1 aromatic heterocycles. The molecule has 2 saturated carbocycles. The summed E-state index contributed by atoms with van der Waals surface area (Å²) in [6, 6.07) is 0.743. The number of rotatable bonds is 3. The minimum absolute atomic E-state index is 0.154. The second kappa shape index (κ2) is 5.34. The van der Waals surface area contributed by atoms with Crippen molar-refractivity contribution in [1.29, 1.82) is 0 Å². The molecule has 0 radical (unpaired) electrons. The average molecular weight is 307 g/mol. The van der Waals surface area contributed by atoms with Gasteiger partial charge in [-0.05, 0) is 43.9 Å². The fourth-order valence-electron chi connectivity index (χ4n) is 3.45. The topological polar surface area (TPSA) is 24.9 Å². The van der Waals surface area contributed by atoms with Gasteiger partial charge in [-0.3, -0.25) is 0 Å². The van der Waals surface area contributed by atoms with Crippen molar-refractivity contribution in [2.45, 2.75) is 83.7 Å². The third kappa shape index (κ3) is 3.19. The van der Waals surface area contributed by atoms with Crippen molar-refractivity contribution in [3.8, 4) is 0 Å². The highest BCUT2D eigenvalue weighted by Crippen LogP contribution is 2.45. The molecule has 3 unspecified atom stereocenters. The van der Waals surface area contributed by atoms with E-state index in [-0.39, 0.29) is 11.0 Å². The largest absolute Gasteiger partial charge is 0.303 e. The molecule has 2 fully saturated rings. The molecule has 21 heavy (non-hydrogen) atoms. The Kier molecular flexibility index (Phi) is 3.94. The summed E-state index contributed by atoms with van der Waals surface area (Å²) in [5.74, 6) is 1.63. The van der Waals surface area contributed by atoms with Crippen LogP contribution in [0.1, 0.15) is 77.4 Å². The van der Waals surface area contributed by atoms with E-state index < -0.39 is 0 Å². The molecule has 3 rings (SSSR count). The maximum absolute atomic E-state index is 5.07. The highest BCUT2D eigenvalue weighted by atomic mass is 32.1. The highest BCUT2D eigenvalue weighted by molar-refractivity contribution is 7.09. The van der Waals surface area contributed by atoms with Crippen LogP contribution in [0.4, 0.5) is 0 Å². The van der Waals surface area contributed by atoms with Crippen LogP contribution >= 0.6 is 11.3 Å². The van der Waals surface area contributed by atoms with Gasteiger partial charge in [0.25, 0.3) is 0 Å². The molecule has 1 aromatic rings. The van der Waals surface area contributed by atoms with Crippen LogP contribution < -0.4 is 5.32 Å². The highest BCUT2D eigenvalue weighted by Gasteiger charge is 2.44. The molecule has 0 saturated heterocycles. The zero-order valence-corrected chi connectivity index (χ0v) is 15.0. The summed E-state index contributed by atoms with van der Waals surface area (Å²) in [4.78, 5) is 5.07. The molecule has 3 atom stereocenters. The van der Waals surface area contributed by atoms with Crippen LogP contribution in [0.5, 0.6) is 0 Å². The van der Waals surface area contributed by atoms with E-state index in [1.807, 2.05) is 11.3 Å². The van der Waals surface area contributed by atoms with Crippen LogP contribution in [0.25, 0.3) is 0 Å². The summed E-state index contributed by atoms with van der Waals surface area (Å²) in [6.07, 6.45) is 6.53. The third-order valence-corrected chi connectivity index (χ3v) is 6.45. The molecule has 0 bridgehead atoms. The molecule has 2 aliphatic rings. The van der Waals surface area contributed by atoms with E-state index in [4.69, 9.17) is 4.98 Å². The zero-order valence-electron chi connectivity index (χ0n) is 14.2. The third-order valence-electron chi connectivity index (χ3n) is 5.41. The first-order chi connectivity index (χ1) is 9.80. The standard InChI is InChI=1S/C18H30N2S/c1-12-8-9-18(10-13(12)2,20-14-6-7-14)16-19-15(11-21-16)17(3,4)5/h11-14,20H,6-10H2,1-5H3. The van der Waals surface area contributed by atoms with Crippen LogP contribution in [0, 0.1) is 11.8 Å². The van der Waals surface area contributed by atoms with Gasteiger partial charge in [0.15, 0.2) is 0 Å².